The van der Waals surface area contributed by atoms with Crippen molar-refractivity contribution in [2.45, 2.75) is 102 Å². The van der Waals surface area contributed by atoms with Gasteiger partial charge in [-0.1, -0.05) is 49.6 Å². The number of rotatable bonds is 17. The molecule has 5 N–H and O–H groups in total. The fourth-order valence-corrected chi connectivity index (χ4v) is 8.48. The number of carbonyl (C=O) groups is 5. The summed E-state index contributed by atoms with van der Waals surface area (Å²) >= 11 is 0. The molecule has 2 atom stereocenters. The molecule has 4 aliphatic heterocycles. The number of aliphatic hydroxyl groups is 1. The fourth-order valence-electron chi connectivity index (χ4n) is 8.48. The topological polar surface area (TPSA) is 189 Å². The van der Waals surface area contributed by atoms with Gasteiger partial charge in [0.1, 0.15) is 23.9 Å². The van der Waals surface area contributed by atoms with Crippen LogP contribution in [0.1, 0.15) is 102 Å². The molecule has 3 aromatic rings. The summed E-state index contributed by atoms with van der Waals surface area (Å²) in [7, 11) is 0. The molecule has 2 fully saturated rings. The first-order chi connectivity index (χ1) is 28.2. The number of amides is 5. The predicted octanol–water partition coefficient (Wildman–Crippen LogP) is 3.24. The molecule has 1 unspecified atom stereocenters. The minimum atomic E-state index is -0.697. The maximum Gasteiger partial charge on any atom is 0.270 e. The van der Waals surface area contributed by atoms with Crippen LogP contribution in [0.4, 0.5) is 11.5 Å². The van der Waals surface area contributed by atoms with Crippen molar-refractivity contribution in [3.8, 4) is 0 Å². The van der Waals surface area contributed by atoms with Crippen LogP contribution in [-0.2, 0) is 33.9 Å². The highest BCUT2D eigenvalue weighted by Crippen LogP contribution is 2.32. The van der Waals surface area contributed by atoms with Gasteiger partial charge in [-0.15, -0.1) is 0 Å². The molecule has 0 radical (unpaired) electrons. The zero-order chi connectivity index (χ0) is 40.4. The molecule has 0 spiro atoms. The monoisotopic (exact) mass is 793 g/mol. The Labute approximate surface area is 339 Å². The molecule has 15 heteroatoms. The van der Waals surface area contributed by atoms with Crippen LogP contribution in [-0.4, -0.2) is 117 Å². The van der Waals surface area contributed by atoms with Crippen molar-refractivity contribution in [1.29, 1.82) is 0 Å². The van der Waals surface area contributed by atoms with Crippen molar-refractivity contribution < 1.29 is 29.1 Å². The first-order valence-electron chi connectivity index (χ1n) is 20.8. The highest BCUT2D eigenvalue weighted by atomic mass is 16.3. The van der Waals surface area contributed by atoms with E-state index in [2.05, 4.69) is 54.3 Å². The Morgan fingerprint density at radius 1 is 0.879 bits per heavy atom. The molecule has 15 nitrogen and oxygen atoms in total. The Balaban J connectivity index is 0.740. The van der Waals surface area contributed by atoms with E-state index in [4.69, 9.17) is 0 Å². The van der Waals surface area contributed by atoms with Crippen LogP contribution >= 0.6 is 0 Å². The number of nitrogens with one attached hydrogen (secondary N) is 4. The van der Waals surface area contributed by atoms with E-state index in [9.17, 15) is 29.1 Å². The van der Waals surface area contributed by atoms with Gasteiger partial charge < -0.3 is 30.9 Å². The third-order valence-corrected chi connectivity index (χ3v) is 11.7. The van der Waals surface area contributed by atoms with Gasteiger partial charge in [-0.2, -0.15) is 0 Å². The number of anilines is 2. The van der Waals surface area contributed by atoms with Gasteiger partial charge in [0.05, 0.1) is 6.10 Å². The molecule has 0 bridgehead atoms. The second-order valence-electron chi connectivity index (χ2n) is 15.9. The zero-order valence-corrected chi connectivity index (χ0v) is 33.1. The number of aromatic nitrogens is 2. The average molecular weight is 794 g/mol. The average Bonchev–Trinajstić information content (AvgIpc) is 3.57. The summed E-state index contributed by atoms with van der Waals surface area (Å²) < 4.78 is 0. The third-order valence-electron chi connectivity index (χ3n) is 11.7. The van der Waals surface area contributed by atoms with Crippen molar-refractivity contribution in [3.63, 3.8) is 0 Å². The summed E-state index contributed by atoms with van der Waals surface area (Å²) in [4.78, 5) is 77.1. The number of carbonyl (C=O) groups excluding carboxylic acids is 5. The van der Waals surface area contributed by atoms with E-state index in [1.54, 1.807) is 17.0 Å². The molecular formula is C43H55N9O6. The number of hydrogen-bond donors (Lipinski definition) is 5. The number of unbranched alkanes of at least 4 members (excludes halogenated alkanes) is 4. The van der Waals surface area contributed by atoms with Crippen molar-refractivity contribution in [3.05, 3.63) is 82.8 Å². The van der Waals surface area contributed by atoms with Crippen LogP contribution in [0.5, 0.6) is 0 Å². The number of aliphatic hydroxyl groups excluding tert-OH is 1. The van der Waals surface area contributed by atoms with Crippen LogP contribution in [0.25, 0.3) is 0 Å². The number of benzene rings is 2. The van der Waals surface area contributed by atoms with Crippen molar-refractivity contribution in [2.75, 3.05) is 49.9 Å². The Hall–Kier alpha value is -5.41. The summed E-state index contributed by atoms with van der Waals surface area (Å²) in [6.45, 7) is 4.71. The van der Waals surface area contributed by atoms with Crippen molar-refractivity contribution in [1.82, 2.24) is 35.3 Å². The Morgan fingerprint density at radius 2 is 1.67 bits per heavy atom. The summed E-state index contributed by atoms with van der Waals surface area (Å²) in [6.07, 6.45) is 9.14. The molecule has 0 saturated carbocycles. The van der Waals surface area contributed by atoms with E-state index in [1.165, 1.54) is 17.5 Å². The minimum absolute atomic E-state index is 0.127. The van der Waals surface area contributed by atoms with Gasteiger partial charge in [0.2, 0.25) is 17.7 Å². The van der Waals surface area contributed by atoms with Crippen LogP contribution in [0, 0.1) is 0 Å². The molecule has 2 aromatic carbocycles. The molecule has 58 heavy (non-hydrogen) atoms. The Bertz CT molecular complexity index is 1970. The second-order valence-corrected chi connectivity index (χ2v) is 15.9. The van der Waals surface area contributed by atoms with E-state index < -0.39 is 18.1 Å². The quantitative estimate of drug-likeness (QED) is 0.0998. The van der Waals surface area contributed by atoms with Gasteiger partial charge in [0, 0.05) is 94.1 Å². The summed E-state index contributed by atoms with van der Waals surface area (Å²) in [6, 6.07) is 15.1. The zero-order valence-electron chi connectivity index (χ0n) is 33.1. The number of β-amino-alcohol motifs (C(OH)–C–C–N with tert-alkyl or cyclic N) is 1. The number of nitrogens with zero attached hydrogens (tertiary/aromatic N) is 5. The van der Waals surface area contributed by atoms with Crippen LogP contribution < -0.4 is 21.3 Å². The smallest absolute Gasteiger partial charge is 0.270 e. The predicted molar refractivity (Wildman–Crippen MR) is 218 cm³/mol. The molecule has 4 aliphatic rings. The third kappa shape index (κ3) is 10.4. The molecule has 5 heterocycles. The van der Waals surface area contributed by atoms with Gasteiger partial charge in [0.25, 0.3) is 11.8 Å². The van der Waals surface area contributed by atoms with E-state index in [0.717, 1.165) is 82.3 Å². The molecule has 0 aliphatic carbocycles. The standard InChI is InChI=1S/C43H55N9O6/c53-32(26-50-20-16-29-9-5-6-10-30(29)25-50)24-45-41(56)36-23-38(47-28-46-36)48-31-17-21-51(22-18-31)40(55)13-4-2-1-3-7-19-44-35-12-8-11-33-34(35)27-52(43(33)58)37-14-15-39(54)49-42(37)57/h5-6,8-12,23,28,31-32,37,44,53H,1-4,7,13-22,24-27H2,(H,45,56)(H,46,47,48)(H,49,54,57)/t32-,37?/m0/s1. The lowest BCUT2D eigenvalue weighted by Gasteiger charge is -2.32. The van der Waals surface area contributed by atoms with Crippen molar-refractivity contribution >= 4 is 41.0 Å². The highest BCUT2D eigenvalue weighted by molar-refractivity contribution is 6.06. The van der Waals surface area contributed by atoms with Crippen LogP contribution in [0.3, 0.4) is 0 Å². The molecule has 5 amide bonds. The maximum atomic E-state index is 13.1. The second kappa shape index (κ2) is 19.4. The van der Waals surface area contributed by atoms with Gasteiger partial charge >= 0.3 is 0 Å². The lowest BCUT2D eigenvalue weighted by Crippen LogP contribution is -2.52. The fraction of sp³-hybridized carbons (Fsp3) is 0.512. The normalized spacial score (nSPS) is 19.0. The largest absolute Gasteiger partial charge is 0.390 e. The molecular weight excluding hydrogens is 739 g/mol. The van der Waals surface area contributed by atoms with E-state index in [-0.39, 0.29) is 48.3 Å². The first kappa shape index (κ1) is 40.8. The first-order valence-corrected chi connectivity index (χ1v) is 20.8. The lowest BCUT2D eigenvalue weighted by molar-refractivity contribution is -0.137. The number of hydrogen-bond acceptors (Lipinski definition) is 11. The molecule has 1 aromatic heterocycles. The van der Waals surface area contributed by atoms with Crippen LogP contribution in [0.2, 0.25) is 0 Å². The van der Waals surface area contributed by atoms with E-state index in [0.29, 0.717) is 50.4 Å². The van der Waals surface area contributed by atoms with Gasteiger partial charge in [0.15, 0.2) is 0 Å². The van der Waals surface area contributed by atoms with Gasteiger partial charge in [-0.05, 0) is 61.8 Å². The molecule has 308 valence electrons. The minimum Gasteiger partial charge on any atom is -0.390 e. The number of likely N-dealkylation sites (tertiary alicyclic amines) is 1. The summed E-state index contributed by atoms with van der Waals surface area (Å²) in [5.74, 6) is -0.490. The maximum absolute atomic E-state index is 13.1. The summed E-state index contributed by atoms with van der Waals surface area (Å²) in [5, 5.41) is 22.7. The number of imide groups is 1. The van der Waals surface area contributed by atoms with E-state index in [1.807, 2.05) is 23.1 Å². The van der Waals surface area contributed by atoms with Gasteiger partial charge in [-0.3, -0.25) is 34.2 Å². The van der Waals surface area contributed by atoms with E-state index >= 15 is 0 Å². The molecule has 2 saturated heterocycles. The lowest BCUT2D eigenvalue weighted by atomic mass is 10.00. The SMILES string of the molecule is O=C1CCC(N2Cc3c(NCCCCCCCC(=O)N4CCC(Nc5cc(C(=O)NC[C@H](O)CN6CCc7ccccc7C6)ncn5)CC4)cccc3C2=O)C(=O)N1. The Morgan fingerprint density at radius 3 is 2.50 bits per heavy atom. The number of fused-ring (bicyclic) bond motifs is 2. The van der Waals surface area contributed by atoms with Crippen molar-refractivity contribution in [2.24, 2.45) is 0 Å². The van der Waals surface area contributed by atoms with Crippen LogP contribution in [0.15, 0.2) is 54.9 Å². The highest BCUT2D eigenvalue weighted by Gasteiger charge is 2.40. The van der Waals surface area contributed by atoms with Gasteiger partial charge in [-0.25, -0.2) is 9.97 Å². The number of piperidine rings is 2. The Kier molecular flexibility index (Phi) is 13.6. The molecule has 7 rings (SSSR count). The summed E-state index contributed by atoms with van der Waals surface area (Å²) in [5.41, 5.74) is 5.27.